The smallest absolute Gasteiger partial charge is 0.324 e. The molecule has 2 aliphatic rings. The summed E-state index contributed by atoms with van der Waals surface area (Å²) < 4.78 is 2.75. The molecular formula is C13H21N4O2+. The summed E-state index contributed by atoms with van der Waals surface area (Å²) in [5.74, 6) is 0.704. The Labute approximate surface area is 111 Å². The fourth-order valence-corrected chi connectivity index (χ4v) is 3.41. The molecule has 1 unspecified atom stereocenters. The number of hydrogen-bond donors (Lipinski definition) is 2. The molecule has 0 amide bonds. The van der Waals surface area contributed by atoms with Crippen LogP contribution in [0.25, 0.3) is 0 Å². The molecule has 1 atom stereocenters. The molecular weight excluding hydrogens is 244 g/mol. The average molecular weight is 265 g/mol. The van der Waals surface area contributed by atoms with Crippen molar-refractivity contribution in [1.29, 1.82) is 0 Å². The second-order valence-electron chi connectivity index (χ2n) is 5.70. The summed E-state index contributed by atoms with van der Waals surface area (Å²) in [7, 11) is 3.27. The Morgan fingerprint density at radius 3 is 2.53 bits per heavy atom. The summed E-state index contributed by atoms with van der Waals surface area (Å²) in [6.45, 7) is 1.53. The lowest BCUT2D eigenvalue weighted by Crippen LogP contribution is -3.16. The first-order valence-corrected chi connectivity index (χ1v) is 6.97. The summed E-state index contributed by atoms with van der Waals surface area (Å²) in [4.78, 5) is 25.6. The fraction of sp³-hybridized carbons (Fsp3) is 0.692. The monoisotopic (exact) mass is 265 g/mol. The third-order valence-corrected chi connectivity index (χ3v) is 4.58. The number of anilines is 1. The van der Waals surface area contributed by atoms with Crippen molar-refractivity contribution >= 4 is 5.82 Å². The highest BCUT2D eigenvalue weighted by molar-refractivity contribution is 5.43. The molecule has 1 aliphatic heterocycles. The van der Waals surface area contributed by atoms with E-state index in [0.29, 0.717) is 11.9 Å². The van der Waals surface area contributed by atoms with E-state index in [1.54, 1.807) is 18.7 Å². The molecule has 6 nitrogen and oxygen atoms in total. The number of nitrogens with zero attached hydrogens (tertiary/aromatic N) is 2. The number of hydrogen-bond acceptors (Lipinski definition) is 3. The summed E-state index contributed by atoms with van der Waals surface area (Å²) in [6, 6.07) is 0.655. The molecule has 0 saturated heterocycles. The minimum Gasteiger partial charge on any atom is -0.324 e. The van der Waals surface area contributed by atoms with E-state index in [2.05, 4.69) is 5.32 Å². The zero-order chi connectivity index (χ0) is 13.6. The highest BCUT2D eigenvalue weighted by Gasteiger charge is 2.32. The third-order valence-electron chi connectivity index (χ3n) is 4.58. The van der Waals surface area contributed by atoms with Crippen LogP contribution in [-0.4, -0.2) is 21.8 Å². The van der Waals surface area contributed by atoms with Gasteiger partial charge >= 0.3 is 5.69 Å². The van der Waals surface area contributed by atoms with Gasteiger partial charge in [0, 0.05) is 14.1 Å². The SMILES string of the molecule is Cn1c2c(c(=O)n(C)c1=O)C[NH+](C1CCCC1)CN2. The van der Waals surface area contributed by atoms with Crippen LogP contribution in [0, 0.1) is 0 Å². The van der Waals surface area contributed by atoms with Crippen molar-refractivity contribution in [2.75, 3.05) is 12.0 Å². The van der Waals surface area contributed by atoms with Crippen LogP contribution in [-0.2, 0) is 20.6 Å². The zero-order valence-electron chi connectivity index (χ0n) is 11.5. The van der Waals surface area contributed by atoms with Gasteiger partial charge in [0.15, 0.2) is 6.67 Å². The van der Waals surface area contributed by atoms with Gasteiger partial charge in [0.25, 0.3) is 5.56 Å². The van der Waals surface area contributed by atoms with Crippen molar-refractivity contribution in [3.8, 4) is 0 Å². The van der Waals surface area contributed by atoms with Gasteiger partial charge in [-0.25, -0.2) is 4.79 Å². The molecule has 0 bridgehead atoms. The van der Waals surface area contributed by atoms with Gasteiger partial charge in [-0.05, 0) is 25.7 Å². The van der Waals surface area contributed by atoms with Gasteiger partial charge in [-0.3, -0.25) is 13.9 Å². The van der Waals surface area contributed by atoms with Crippen molar-refractivity contribution in [3.05, 3.63) is 26.4 Å². The number of quaternary nitrogens is 1. The minimum atomic E-state index is -0.263. The zero-order valence-corrected chi connectivity index (χ0v) is 11.5. The van der Waals surface area contributed by atoms with Crippen LogP contribution in [0.4, 0.5) is 5.82 Å². The van der Waals surface area contributed by atoms with E-state index in [1.807, 2.05) is 0 Å². The first-order chi connectivity index (χ1) is 9.09. The lowest BCUT2D eigenvalue weighted by molar-refractivity contribution is -0.936. The van der Waals surface area contributed by atoms with Crippen molar-refractivity contribution in [2.45, 2.75) is 38.3 Å². The molecule has 6 heteroatoms. The van der Waals surface area contributed by atoms with Crippen LogP contribution < -0.4 is 21.5 Å². The second-order valence-corrected chi connectivity index (χ2v) is 5.70. The molecule has 19 heavy (non-hydrogen) atoms. The van der Waals surface area contributed by atoms with E-state index in [9.17, 15) is 9.59 Å². The highest BCUT2D eigenvalue weighted by atomic mass is 16.2. The van der Waals surface area contributed by atoms with Crippen LogP contribution in [0.5, 0.6) is 0 Å². The Morgan fingerprint density at radius 1 is 1.16 bits per heavy atom. The number of fused-ring (bicyclic) bond motifs is 1. The van der Waals surface area contributed by atoms with Crippen LogP contribution in [0.15, 0.2) is 9.59 Å². The third kappa shape index (κ3) is 1.90. The minimum absolute atomic E-state index is 0.152. The number of aromatic nitrogens is 2. The van der Waals surface area contributed by atoms with Gasteiger partial charge in [0.1, 0.15) is 17.9 Å². The van der Waals surface area contributed by atoms with Crippen LogP contribution in [0.1, 0.15) is 31.2 Å². The van der Waals surface area contributed by atoms with Crippen molar-refractivity contribution in [3.63, 3.8) is 0 Å². The highest BCUT2D eigenvalue weighted by Crippen LogP contribution is 2.17. The van der Waals surface area contributed by atoms with E-state index in [4.69, 9.17) is 0 Å². The average Bonchev–Trinajstić information content (AvgIpc) is 2.96. The Balaban J connectivity index is 2.01. The molecule has 0 spiro atoms. The Morgan fingerprint density at radius 2 is 1.84 bits per heavy atom. The summed E-state index contributed by atoms with van der Waals surface area (Å²) >= 11 is 0. The van der Waals surface area contributed by atoms with Crippen molar-refractivity contribution < 1.29 is 4.90 Å². The molecule has 0 radical (unpaired) electrons. The second kappa shape index (κ2) is 4.52. The van der Waals surface area contributed by atoms with Crippen molar-refractivity contribution in [2.24, 2.45) is 14.1 Å². The fourth-order valence-electron chi connectivity index (χ4n) is 3.41. The van der Waals surface area contributed by atoms with Gasteiger partial charge in [-0.15, -0.1) is 0 Å². The predicted octanol–water partition coefficient (Wildman–Crippen LogP) is -1.21. The van der Waals surface area contributed by atoms with Gasteiger partial charge in [-0.1, -0.05) is 0 Å². The molecule has 1 aromatic heterocycles. The first-order valence-electron chi connectivity index (χ1n) is 6.97. The van der Waals surface area contributed by atoms with E-state index in [0.717, 1.165) is 18.8 Å². The number of rotatable bonds is 1. The topological polar surface area (TPSA) is 60.5 Å². The van der Waals surface area contributed by atoms with Crippen LogP contribution >= 0.6 is 0 Å². The normalized spacial score (nSPS) is 23.2. The summed E-state index contributed by atoms with van der Waals surface area (Å²) in [5, 5.41) is 3.28. The standard InChI is InChI=1S/C13H20N4O2/c1-15-11-10(12(18)16(2)13(15)19)7-17(8-14-11)9-5-3-4-6-9/h9,14H,3-8H2,1-2H3/p+1. The molecule has 1 fully saturated rings. The maximum absolute atomic E-state index is 12.2. The van der Waals surface area contributed by atoms with Gasteiger partial charge in [0.2, 0.25) is 0 Å². The van der Waals surface area contributed by atoms with E-state index in [-0.39, 0.29) is 11.2 Å². The van der Waals surface area contributed by atoms with Gasteiger partial charge in [-0.2, -0.15) is 0 Å². The Bertz CT molecular complexity index is 610. The van der Waals surface area contributed by atoms with Crippen LogP contribution in [0.2, 0.25) is 0 Å². The quantitative estimate of drug-likeness (QED) is 0.670. The lowest BCUT2D eigenvalue weighted by Gasteiger charge is -2.31. The summed E-state index contributed by atoms with van der Waals surface area (Å²) in [5.41, 5.74) is 0.333. The van der Waals surface area contributed by atoms with Gasteiger partial charge in [0.05, 0.1) is 6.04 Å². The van der Waals surface area contributed by atoms with Crippen LogP contribution in [0.3, 0.4) is 0 Å². The maximum atomic E-state index is 12.2. The first kappa shape index (κ1) is 12.5. The molecule has 2 N–H and O–H groups in total. The van der Waals surface area contributed by atoms with E-state index >= 15 is 0 Å². The summed E-state index contributed by atoms with van der Waals surface area (Å²) in [6.07, 6.45) is 5.09. The van der Waals surface area contributed by atoms with E-state index < -0.39 is 0 Å². The molecule has 1 saturated carbocycles. The molecule has 2 heterocycles. The van der Waals surface area contributed by atoms with Gasteiger partial charge < -0.3 is 10.2 Å². The molecule has 3 rings (SSSR count). The maximum Gasteiger partial charge on any atom is 0.332 e. The number of nitrogens with one attached hydrogen (secondary N) is 2. The van der Waals surface area contributed by atoms with E-state index in [1.165, 1.54) is 35.2 Å². The molecule has 0 aromatic carbocycles. The Kier molecular flexibility index (Phi) is 2.97. The van der Waals surface area contributed by atoms with Crippen molar-refractivity contribution in [1.82, 2.24) is 9.13 Å². The largest absolute Gasteiger partial charge is 0.332 e. The predicted molar refractivity (Wildman–Crippen MR) is 72.3 cm³/mol. The molecule has 1 aromatic rings. The lowest BCUT2D eigenvalue weighted by atomic mass is 10.1. The Hall–Kier alpha value is -1.56. The molecule has 104 valence electrons. The molecule has 1 aliphatic carbocycles.